The van der Waals surface area contributed by atoms with Gasteiger partial charge in [-0.25, -0.2) is 13.1 Å². The highest BCUT2D eigenvalue weighted by Gasteiger charge is 2.32. The van der Waals surface area contributed by atoms with Gasteiger partial charge in [0.15, 0.2) is 11.9 Å². The van der Waals surface area contributed by atoms with Gasteiger partial charge in [-0.1, -0.05) is 30.3 Å². The van der Waals surface area contributed by atoms with Gasteiger partial charge in [-0.05, 0) is 31.2 Å². The summed E-state index contributed by atoms with van der Waals surface area (Å²) >= 11 is 0. The molecule has 1 aliphatic rings. The van der Waals surface area contributed by atoms with Crippen LogP contribution in [0.5, 0.6) is 0 Å². The first-order valence-corrected chi connectivity index (χ1v) is 13.1. The number of carbonyl (C=O) groups excluding carboxylic acids is 2. The van der Waals surface area contributed by atoms with Crippen LogP contribution in [0.2, 0.25) is 0 Å². The molecule has 2 unspecified atom stereocenters. The standard InChI is InChI=1S/C21H35N9O5S/c22-20(23)26-10-4-8-15(29-36(34,35)13-14-6-2-1-3-7-14)18(32)27-12-17(31)28-16-9-5-11-30(19(16)33)21(24)25/h1-3,6-7,15-16,19,29,33H,4-5,8-13H2,(H3,24,25)(H,27,32)(H,28,31)(H4,22,23,26)/t15?,16-,19?/m0/s1. The number of nitrogens with one attached hydrogen (secondary N) is 4. The third-order valence-electron chi connectivity index (χ3n) is 5.46. The lowest BCUT2D eigenvalue weighted by molar-refractivity contribution is -0.128. The highest BCUT2D eigenvalue weighted by molar-refractivity contribution is 7.88. The molecule has 1 heterocycles. The van der Waals surface area contributed by atoms with Crippen molar-refractivity contribution in [2.24, 2.45) is 22.2 Å². The van der Waals surface area contributed by atoms with Crippen LogP contribution in [0.15, 0.2) is 35.3 Å². The van der Waals surface area contributed by atoms with Crippen molar-refractivity contribution < 1.29 is 23.1 Å². The van der Waals surface area contributed by atoms with Gasteiger partial charge in [0.25, 0.3) is 0 Å². The first-order valence-electron chi connectivity index (χ1n) is 11.4. The van der Waals surface area contributed by atoms with Gasteiger partial charge in [0.2, 0.25) is 21.8 Å². The minimum atomic E-state index is -3.88. The molecule has 0 bridgehead atoms. The lowest BCUT2D eigenvalue weighted by Gasteiger charge is -2.38. The number of piperidine rings is 1. The second-order valence-corrected chi connectivity index (χ2v) is 10.1. The van der Waals surface area contributed by atoms with Crippen LogP contribution in [-0.2, 0) is 25.4 Å². The highest BCUT2D eigenvalue weighted by atomic mass is 32.2. The number of rotatable bonds is 12. The zero-order valence-electron chi connectivity index (χ0n) is 19.9. The van der Waals surface area contributed by atoms with E-state index in [4.69, 9.17) is 22.6 Å². The number of hydrogen-bond acceptors (Lipinski definition) is 7. The van der Waals surface area contributed by atoms with Crippen molar-refractivity contribution in [1.29, 1.82) is 5.41 Å². The number of carbonyl (C=O) groups is 2. The van der Waals surface area contributed by atoms with E-state index in [1.807, 2.05) is 0 Å². The number of sulfonamides is 1. The third-order valence-corrected chi connectivity index (χ3v) is 6.81. The Bertz CT molecular complexity index is 1030. The summed E-state index contributed by atoms with van der Waals surface area (Å²) in [4.78, 5) is 30.3. The first-order chi connectivity index (χ1) is 17.0. The number of amides is 2. The summed E-state index contributed by atoms with van der Waals surface area (Å²) in [5, 5.41) is 22.9. The van der Waals surface area contributed by atoms with Crippen molar-refractivity contribution in [3.8, 4) is 0 Å². The molecule has 2 amide bonds. The van der Waals surface area contributed by atoms with Gasteiger partial charge < -0.3 is 37.8 Å². The van der Waals surface area contributed by atoms with Gasteiger partial charge in [0, 0.05) is 13.1 Å². The van der Waals surface area contributed by atoms with Crippen LogP contribution >= 0.6 is 0 Å². The van der Waals surface area contributed by atoms with Gasteiger partial charge >= 0.3 is 0 Å². The van der Waals surface area contributed by atoms with Crippen LogP contribution in [0.1, 0.15) is 31.2 Å². The summed E-state index contributed by atoms with van der Waals surface area (Å²) in [7, 11) is -3.88. The second kappa shape index (κ2) is 13.6. The molecular formula is C21H35N9O5S. The molecule has 1 aliphatic heterocycles. The zero-order valence-corrected chi connectivity index (χ0v) is 20.7. The molecule has 0 spiro atoms. The number of aliphatic hydroxyl groups excluding tert-OH is 1. The van der Waals surface area contributed by atoms with Crippen LogP contribution in [-0.4, -0.2) is 80.1 Å². The summed E-state index contributed by atoms with van der Waals surface area (Å²) in [5.74, 6) is -2.02. The minimum absolute atomic E-state index is 0.0904. The summed E-state index contributed by atoms with van der Waals surface area (Å²) in [6.07, 6.45) is 0.314. The van der Waals surface area contributed by atoms with Crippen LogP contribution in [0.25, 0.3) is 0 Å². The Hall–Kier alpha value is -3.43. The molecule has 3 atom stereocenters. The number of guanidine groups is 2. The van der Waals surface area contributed by atoms with Crippen molar-refractivity contribution in [3.05, 3.63) is 35.9 Å². The minimum Gasteiger partial charge on any atom is -0.371 e. The SMILES string of the molecule is N=C(N)N1CCC[C@H](NC(=O)CNC(=O)C(CCCN=C(N)N)NS(=O)(=O)Cc2ccccc2)C1O. The average molecular weight is 526 g/mol. The smallest absolute Gasteiger partial charge is 0.239 e. The zero-order chi connectivity index (χ0) is 26.7. The maximum absolute atomic E-state index is 12.8. The summed E-state index contributed by atoms with van der Waals surface area (Å²) in [6, 6.07) is 6.66. The molecular weight excluding hydrogens is 490 g/mol. The third kappa shape index (κ3) is 9.67. The van der Waals surface area contributed by atoms with Crippen molar-refractivity contribution in [1.82, 2.24) is 20.3 Å². The molecule has 11 N–H and O–H groups in total. The van der Waals surface area contributed by atoms with Gasteiger partial charge in [0.1, 0.15) is 12.3 Å². The maximum Gasteiger partial charge on any atom is 0.239 e. The number of aliphatic imine (C=N–C) groups is 1. The van der Waals surface area contributed by atoms with Gasteiger partial charge in [-0.2, -0.15) is 0 Å². The molecule has 1 aromatic rings. The molecule has 2 rings (SSSR count). The monoisotopic (exact) mass is 525 g/mol. The van der Waals surface area contributed by atoms with E-state index >= 15 is 0 Å². The van der Waals surface area contributed by atoms with Crippen molar-refractivity contribution in [2.45, 2.75) is 49.7 Å². The lowest BCUT2D eigenvalue weighted by Crippen LogP contribution is -2.59. The summed E-state index contributed by atoms with van der Waals surface area (Å²) in [6.45, 7) is 0.149. The second-order valence-electron chi connectivity index (χ2n) is 8.39. The first kappa shape index (κ1) is 28.8. The largest absolute Gasteiger partial charge is 0.371 e. The molecule has 200 valence electrons. The Morgan fingerprint density at radius 1 is 1.22 bits per heavy atom. The molecule has 1 fully saturated rings. The number of aliphatic hydroxyl groups is 1. The number of nitrogens with zero attached hydrogens (tertiary/aromatic N) is 2. The van der Waals surface area contributed by atoms with Crippen LogP contribution in [0, 0.1) is 5.41 Å². The Morgan fingerprint density at radius 3 is 2.56 bits per heavy atom. The predicted octanol–water partition coefficient (Wildman–Crippen LogP) is -2.56. The van der Waals surface area contributed by atoms with E-state index in [1.54, 1.807) is 30.3 Å². The fourth-order valence-electron chi connectivity index (χ4n) is 3.74. The Balaban J connectivity index is 1.97. The van der Waals surface area contributed by atoms with E-state index in [-0.39, 0.29) is 30.6 Å². The average Bonchev–Trinajstić information content (AvgIpc) is 2.80. The quantitative estimate of drug-likeness (QED) is 0.0811. The molecule has 0 aliphatic carbocycles. The highest BCUT2D eigenvalue weighted by Crippen LogP contribution is 2.15. The fraction of sp³-hybridized carbons (Fsp3) is 0.524. The van der Waals surface area contributed by atoms with Gasteiger partial charge in [-0.15, -0.1) is 0 Å². The fourth-order valence-corrected chi connectivity index (χ4v) is 5.11. The van der Waals surface area contributed by atoms with E-state index in [1.165, 1.54) is 4.90 Å². The Labute approximate surface area is 210 Å². The van der Waals surface area contributed by atoms with E-state index in [0.29, 0.717) is 31.4 Å². The predicted molar refractivity (Wildman–Crippen MR) is 135 cm³/mol. The molecule has 1 aromatic carbocycles. The van der Waals surface area contributed by atoms with Crippen LogP contribution in [0.3, 0.4) is 0 Å². The van der Waals surface area contributed by atoms with Crippen LogP contribution < -0.4 is 32.6 Å². The number of benzene rings is 1. The molecule has 1 saturated heterocycles. The van der Waals surface area contributed by atoms with E-state index in [2.05, 4.69) is 20.3 Å². The molecule has 36 heavy (non-hydrogen) atoms. The summed E-state index contributed by atoms with van der Waals surface area (Å²) < 4.78 is 27.8. The van der Waals surface area contributed by atoms with Crippen LogP contribution in [0.4, 0.5) is 0 Å². The van der Waals surface area contributed by atoms with Gasteiger partial charge in [-0.3, -0.25) is 20.0 Å². The number of nitrogens with two attached hydrogens (primary N) is 3. The molecule has 0 saturated carbocycles. The molecule has 0 aromatic heterocycles. The molecule has 0 radical (unpaired) electrons. The molecule has 15 heteroatoms. The number of likely N-dealkylation sites (tertiary alicyclic amines) is 1. The topological polar surface area (TPSA) is 242 Å². The van der Waals surface area contributed by atoms with Gasteiger partial charge in [0.05, 0.1) is 18.3 Å². The number of hydrogen-bond donors (Lipinski definition) is 8. The normalized spacial score (nSPS) is 18.6. The van der Waals surface area contributed by atoms with Crippen molar-refractivity contribution >= 4 is 33.8 Å². The van der Waals surface area contributed by atoms with E-state index in [9.17, 15) is 23.1 Å². The Kier molecular flexibility index (Phi) is 10.9. The summed E-state index contributed by atoms with van der Waals surface area (Å²) in [5.41, 5.74) is 16.6. The Morgan fingerprint density at radius 2 is 1.92 bits per heavy atom. The molecule has 14 nitrogen and oxygen atoms in total. The van der Waals surface area contributed by atoms with E-state index < -0.39 is 46.7 Å². The van der Waals surface area contributed by atoms with Crippen molar-refractivity contribution in [3.63, 3.8) is 0 Å². The van der Waals surface area contributed by atoms with E-state index in [0.717, 1.165) is 0 Å². The van der Waals surface area contributed by atoms with Crippen molar-refractivity contribution in [2.75, 3.05) is 19.6 Å². The lowest BCUT2D eigenvalue weighted by atomic mass is 10.0. The maximum atomic E-state index is 12.8.